The number of carbonyl (C=O) groups is 2. The summed E-state index contributed by atoms with van der Waals surface area (Å²) in [7, 11) is 0. The van der Waals surface area contributed by atoms with Gasteiger partial charge < -0.3 is 14.6 Å². The van der Waals surface area contributed by atoms with Gasteiger partial charge in [0.05, 0.1) is 6.61 Å². The van der Waals surface area contributed by atoms with Crippen molar-refractivity contribution in [1.29, 1.82) is 0 Å². The fourth-order valence-corrected chi connectivity index (χ4v) is 4.50. The van der Waals surface area contributed by atoms with Crippen LogP contribution < -0.4 is 0 Å². The summed E-state index contributed by atoms with van der Waals surface area (Å²) < 4.78 is 10.5. The van der Waals surface area contributed by atoms with Crippen molar-refractivity contribution in [3.8, 4) is 0 Å². The molecule has 0 bridgehead atoms. The zero-order chi connectivity index (χ0) is 30.8. The maximum Gasteiger partial charge on any atom is 0.306 e. The second-order valence-corrected chi connectivity index (χ2v) is 11.2. The van der Waals surface area contributed by atoms with Gasteiger partial charge in [0.1, 0.15) is 6.61 Å². The number of esters is 2. The summed E-state index contributed by atoms with van der Waals surface area (Å²) in [6.07, 6.45) is 40.2. The lowest BCUT2D eigenvalue weighted by molar-refractivity contribution is -0.161. The van der Waals surface area contributed by atoms with Crippen molar-refractivity contribution in [3.05, 3.63) is 48.6 Å². The SMILES string of the molecule is CC/C=C\C/C=C\C/C=C\CCCCCCCC(=O)OC(CO)COC(=O)CCCCCCC/C=C\CCCCCC. The molecular formula is C37H64O5. The van der Waals surface area contributed by atoms with Gasteiger partial charge in [-0.25, -0.2) is 0 Å². The highest BCUT2D eigenvalue weighted by Gasteiger charge is 2.16. The zero-order valence-corrected chi connectivity index (χ0v) is 27.2. The zero-order valence-electron chi connectivity index (χ0n) is 27.2. The van der Waals surface area contributed by atoms with E-state index in [1.165, 1.54) is 51.4 Å². The topological polar surface area (TPSA) is 72.8 Å². The largest absolute Gasteiger partial charge is 0.462 e. The minimum absolute atomic E-state index is 0.0783. The van der Waals surface area contributed by atoms with Gasteiger partial charge in [0, 0.05) is 12.8 Å². The molecule has 0 aliphatic rings. The summed E-state index contributed by atoms with van der Waals surface area (Å²) >= 11 is 0. The number of hydrogen-bond donors (Lipinski definition) is 1. The van der Waals surface area contributed by atoms with E-state index in [4.69, 9.17) is 9.47 Å². The van der Waals surface area contributed by atoms with Crippen molar-refractivity contribution >= 4 is 11.9 Å². The molecule has 0 radical (unpaired) electrons. The average Bonchev–Trinajstić information content (AvgIpc) is 2.99. The first-order valence-corrected chi connectivity index (χ1v) is 17.2. The van der Waals surface area contributed by atoms with E-state index in [2.05, 4.69) is 62.5 Å². The Kier molecular flexibility index (Phi) is 31.7. The minimum atomic E-state index is -0.782. The molecule has 1 unspecified atom stereocenters. The predicted molar refractivity (Wildman–Crippen MR) is 177 cm³/mol. The molecule has 0 saturated carbocycles. The van der Waals surface area contributed by atoms with E-state index < -0.39 is 6.10 Å². The number of aliphatic hydroxyl groups excluding tert-OH is 1. The summed E-state index contributed by atoms with van der Waals surface area (Å²) in [5, 5.41) is 9.51. The van der Waals surface area contributed by atoms with Crippen molar-refractivity contribution < 1.29 is 24.2 Å². The lowest BCUT2D eigenvalue weighted by atomic mass is 10.1. The molecule has 0 amide bonds. The molecule has 0 spiro atoms. The average molecular weight is 589 g/mol. The van der Waals surface area contributed by atoms with E-state index in [-0.39, 0.29) is 25.2 Å². The number of aliphatic hydroxyl groups is 1. The van der Waals surface area contributed by atoms with Gasteiger partial charge in [0.2, 0.25) is 0 Å². The fourth-order valence-electron chi connectivity index (χ4n) is 4.50. The van der Waals surface area contributed by atoms with Crippen molar-refractivity contribution in [3.63, 3.8) is 0 Å². The van der Waals surface area contributed by atoms with E-state index in [1.54, 1.807) is 0 Å². The molecule has 0 saturated heterocycles. The van der Waals surface area contributed by atoms with Gasteiger partial charge in [-0.1, -0.05) is 120 Å². The van der Waals surface area contributed by atoms with Crippen molar-refractivity contribution in [2.24, 2.45) is 0 Å². The van der Waals surface area contributed by atoms with Crippen LogP contribution in [0.2, 0.25) is 0 Å². The molecule has 1 N–H and O–H groups in total. The summed E-state index contributed by atoms with van der Waals surface area (Å²) in [6, 6.07) is 0. The fraction of sp³-hybridized carbons (Fsp3) is 0.730. The molecule has 0 aromatic carbocycles. The van der Waals surface area contributed by atoms with Crippen LogP contribution >= 0.6 is 0 Å². The lowest BCUT2D eigenvalue weighted by Crippen LogP contribution is -2.28. The van der Waals surface area contributed by atoms with Gasteiger partial charge in [-0.15, -0.1) is 0 Å². The molecule has 42 heavy (non-hydrogen) atoms. The van der Waals surface area contributed by atoms with E-state index in [0.29, 0.717) is 12.8 Å². The van der Waals surface area contributed by atoms with E-state index in [9.17, 15) is 14.7 Å². The number of rotatable bonds is 30. The standard InChI is InChI=1S/C37H64O5/c1-3-5-7-9-11-13-15-17-18-20-22-24-26-28-30-32-37(40)42-35(33-38)34-41-36(39)31-29-27-25-23-21-19-16-14-12-10-8-6-4-2/h5,7,11,13-14,16-18,35,38H,3-4,6,8-10,12,15,19-34H2,1-2H3/b7-5-,13-11-,16-14-,18-17-. The van der Waals surface area contributed by atoms with E-state index >= 15 is 0 Å². The second-order valence-electron chi connectivity index (χ2n) is 11.2. The van der Waals surface area contributed by atoms with Gasteiger partial charge in [-0.3, -0.25) is 9.59 Å². The van der Waals surface area contributed by atoms with Gasteiger partial charge in [0.15, 0.2) is 6.10 Å². The maximum atomic E-state index is 12.1. The van der Waals surface area contributed by atoms with E-state index in [0.717, 1.165) is 77.0 Å². The Labute approximate surface area is 258 Å². The molecule has 0 aliphatic heterocycles. The number of hydrogen-bond acceptors (Lipinski definition) is 5. The summed E-state index contributed by atoms with van der Waals surface area (Å²) in [4.78, 5) is 24.1. The van der Waals surface area contributed by atoms with Gasteiger partial charge >= 0.3 is 11.9 Å². The predicted octanol–water partition coefficient (Wildman–Crippen LogP) is 10.3. The van der Waals surface area contributed by atoms with Crippen LogP contribution in [0.5, 0.6) is 0 Å². The first-order valence-electron chi connectivity index (χ1n) is 17.2. The van der Waals surface area contributed by atoms with Crippen molar-refractivity contribution in [1.82, 2.24) is 0 Å². The Bertz CT molecular complexity index is 722. The first kappa shape index (κ1) is 39.9. The number of allylic oxidation sites excluding steroid dienone is 8. The third kappa shape index (κ3) is 30.8. The van der Waals surface area contributed by atoms with Crippen LogP contribution in [-0.4, -0.2) is 36.4 Å². The van der Waals surface area contributed by atoms with Crippen LogP contribution in [0.15, 0.2) is 48.6 Å². The van der Waals surface area contributed by atoms with E-state index in [1.807, 2.05) is 0 Å². The molecule has 0 fully saturated rings. The number of ether oxygens (including phenoxy) is 2. The molecular weight excluding hydrogens is 524 g/mol. The molecule has 0 aliphatic carbocycles. The summed E-state index contributed by atoms with van der Waals surface area (Å²) in [6.45, 7) is 3.97. The Balaban J connectivity index is 3.64. The smallest absolute Gasteiger partial charge is 0.306 e. The Hall–Kier alpha value is -2.14. The monoisotopic (exact) mass is 588 g/mol. The lowest BCUT2D eigenvalue weighted by Gasteiger charge is -2.15. The Morgan fingerprint density at radius 1 is 0.571 bits per heavy atom. The third-order valence-corrected chi connectivity index (χ3v) is 7.11. The van der Waals surface area contributed by atoms with Crippen molar-refractivity contribution in [2.45, 2.75) is 161 Å². The molecule has 1 atom stereocenters. The highest BCUT2D eigenvalue weighted by Crippen LogP contribution is 2.11. The second kappa shape index (κ2) is 33.4. The van der Waals surface area contributed by atoms with Crippen LogP contribution in [0.1, 0.15) is 155 Å². The Morgan fingerprint density at radius 2 is 1.02 bits per heavy atom. The van der Waals surface area contributed by atoms with Crippen LogP contribution in [-0.2, 0) is 19.1 Å². The Morgan fingerprint density at radius 3 is 1.57 bits per heavy atom. The molecule has 0 aromatic rings. The molecule has 0 aromatic heterocycles. The normalized spacial score (nSPS) is 12.7. The summed E-state index contributed by atoms with van der Waals surface area (Å²) in [5.74, 6) is -0.626. The first-order chi connectivity index (χ1) is 20.6. The highest BCUT2D eigenvalue weighted by molar-refractivity contribution is 5.70. The quantitative estimate of drug-likeness (QED) is 0.0513. The summed E-state index contributed by atoms with van der Waals surface area (Å²) in [5.41, 5.74) is 0. The van der Waals surface area contributed by atoms with Gasteiger partial charge in [-0.05, 0) is 70.6 Å². The number of carbonyl (C=O) groups excluding carboxylic acids is 2. The van der Waals surface area contributed by atoms with Gasteiger partial charge in [-0.2, -0.15) is 0 Å². The molecule has 242 valence electrons. The van der Waals surface area contributed by atoms with Crippen LogP contribution in [0.3, 0.4) is 0 Å². The maximum absolute atomic E-state index is 12.1. The molecule has 0 rings (SSSR count). The number of unbranched alkanes of at least 4 members (excludes halogenated alkanes) is 14. The minimum Gasteiger partial charge on any atom is -0.462 e. The molecule has 0 heterocycles. The molecule has 5 heteroatoms. The molecule has 5 nitrogen and oxygen atoms in total. The third-order valence-electron chi connectivity index (χ3n) is 7.11. The van der Waals surface area contributed by atoms with Crippen molar-refractivity contribution in [2.75, 3.05) is 13.2 Å². The highest BCUT2D eigenvalue weighted by atomic mass is 16.6. The van der Waals surface area contributed by atoms with Gasteiger partial charge in [0.25, 0.3) is 0 Å². The van der Waals surface area contributed by atoms with Crippen LogP contribution in [0, 0.1) is 0 Å². The van der Waals surface area contributed by atoms with Crippen LogP contribution in [0.25, 0.3) is 0 Å². The van der Waals surface area contributed by atoms with Crippen LogP contribution in [0.4, 0.5) is 0 Å².